The number of aromatic nitrogens is 4. The van der Waals surface area contributed by atoms with Crippen molar-refractivity contribution in [2.45, 2.75) is 33.1 Å². The number of methoxy groups -OCH3 is 1. The highest BCUT2D eigenvalue weighted by Gasteiger charge is 2.29. The summed E-state index contributed by atoms with van der Waals surface area (Å²) in [6.45, 7) is 2.46. The molecule has 0 fully saturated rings. The fourth-order valence-corrected chi connectivity index (χ4v) is 3.35. The van der Waals surface area contributed by atoms with Gasteiger partial charge in [-0.05, 0) is 30.5 Å². The number of ether oxygens (including phenoxy) is 2. The third-order valence-electron chi connectivity index (χ3n) is 4.60. The lowest BCUT2D eigenvalue weighted by Crippen LogP contribution is -2.20. The van der Waals surface area contributed by atoms with Gasteiger partial charge in [0.25, 0.3) is 0 Å². The molecule has 0 unspecified atom stereocenters. The summed E-state index contributed by atoms with van der Waals surface area (Å²) < 4.78 is 48.5. The maximum atomic E-state index is 12.5. The molecule has 2 heterocycles. The first-order valence-electron chi connectivity index (χ1n) is 9.33. The van der Waals surface area contributed by atoms with Crippen molar-refractivity contribution in [3.8, 4) is 5.75 Å². The van der Waals surface area contributed by atoms with Crippen molar-refractivity contribution in [1.29, 1.82) is 0 Å². The van der Waals surface area contributed by atoms with Crippen molar-refractivity contribution >= 4 is 22.8 Å². The molecule has 1 aromatic carbocycles. The molecule has 31 heavy (non-hydrogen) atoms. The summed E-state index contributed by atoms with van der Waals surface area (Å²) in [6, 6.07) is 3.57. The number of anilines is 1. The number of alkyl halides is 3. The summed E-state index contributed by atoms with van der Waals surface area (Å²) in [7, 11) is 3.13. The first-order chi connectivity index (χ1) is 14.6. The Morgan fingerprint density at radius 2 is 1.87 bits per heavy atom. The third-order valence-corrected chi connectivity index (χ3v) is 4.60. The molecule has 0 N–H and O–H groups in total. The Kier molecular flexibility index (Phi) is 6.32. The number of hydrogen-bond acceptors (Lipinski definition) is 7. The number of carbonyl (C=O) groups is 1. The van der Waals surface area contributed by atoms with Crippen LogP contribution in [0.5, 0.6) is 5.75 Å². The van der Waals surface area contributed by atoms with Crippen molar-refractivity contribution in [3.63, 3.8) is 0 Å². The minimum atomic E-state index is -4.39. The smallest absolute Gasteiger partial charge is 0.422 e. The molecular weight excluding hydrogens is 415 g/mol. The van der Waals surface area contributed by atoms with Gasteiger partial charge in [0.15, 0.2) is 12.3 Å². The van der Waals surface area contributed by atoms with E-state index in [1.807, 2.05) is 11.9 Å². The second-order valence-corrected chi connectivity index (χ2v) is 7.13. The Balaban J connectivity index is 1.82. The van der Waals surface area contributed by atoms with E-state index >= 15 is 0 Å². The Labute approximate surface area is 176 Å². The number of rotatable bonds is 7. The van der Waals surface area contributed by atoms with E-state index < -0.39 is 18.8 Å². The van der Waals surface area contributed by atoms with Crippen LogP contribution in [0.25, 0.3) is 11.0 Å². The van der Waals surface area contributed by atoms with Crippen LogP contribution in [0.4, 0.5) is 19.0 Å². The highest BCUT2D eigenvalue weighted by molar-refractivity contribution is 5.87. The highest BCUT2D eigenvalue weighted by atomic mass is 19.4. The van der Waals surface area contributed by atoms with Crippen LogP contribution in [0.15, 0.2) is 24.7 Å². The van der Waals surface area contributed by atoms with Gasteiger partial charge in [0.1, 0.15) is 24.4 Å². The lowest BCUT2D eigenvalue weighted by Gasteiger charge is -2.21. The van der Waals surface area contributed by atoms with Crippen LogP contribution in [0.3, 0.4) is 0 Å². The number of esters is 1. The van der Waals surface area contributed by atoms with Crippen molar-refractivity contribution < 1.29 is 27.4 Å². The number of benzene rings is 1. The zero-order chi connectivity index (χ0) is 22.8. The fraction of sp³-hybridized carbons (Fsp3) is 0.400. The maximum Gasteiger partial charge on any atom is 0.422 e. The predicted molar refractivity (Wildman–Crippen MR) is 107 cm³/mol. The Bertz CT molecular complexity index is 1070. The lowest BCUT2D eigenvalue weighted by atomic mass is 10.1. The minimum Gasteiger partial charge on any atom is -0.484 e. The average Bonchev–Trinajstić information content (AvgIpc) is 3.09. The van der Waals surface area contributed by atoms with Gasteiger partial charge >= 0.3 is 12.1 Å². The summed E-state index contributed by atoms with van der Waals surface area (Å²) in [4.78, 5) is 22.0. The summed E-state index contributed by atoms with van der Waals surface area (Å²) >= 11 is 0. The fourth-order valence-electron chi connectivity index (χ4n) is 3.35. The van der Waals surface area contributed by atoms with Gasteiger partial charge in [0, 0.05) is 13.6 Å². The van der Waals surface area contributed by atoms with Crippen molar-refractivity contribution in [1.82, 2.24) is 19.7 Å². The van der Waals surface area contributed by atoms with Gasteiger partial charge in [-0.15, -0.1) is 0 Å². The molecule has 166 valence electrons. The molecule has 2 aromatic heterocycles. The summed E-state index contributed by atoms with van der Waals surface area (Å²) in [5, 5.41) is 4.85. The standard InChI is InChI=1S/C20H22F3N5O3/c1-12-5-14(6-13(2)17(12)31-10-20(21,22)23)8-27(3)18-15-7-26-28(9-16(29)30-4)19(15)25-11-24-18/h5-7,11H,8-10H2,1-4H3. The van der Waals surface area contributed by atoms with Crippen LogP contribution < -0.4 is 9.64 Å². The molecule has 0 amide bonds. The van der Waals surface area contributed by atoms with Crippen LogP contribution in [0, 0.1) is 13.8 Å². The number of carbonyl (C=O) groups excluding carboxylic acids is 1. The molecule has 0 aliphatic rings. The van der Waals surface area contributed by atoms with Crippen LogP contribution in [0.2, 0.25) is 0 Å². The van der Waals surface area contributed by atoms with E-state index in [0.717, 1.165) is 5.56 Å². The lowest BCUT2D eigenvalue weighted by molar-refractivity contribution is -0.153. The van der Waals surface area contributed by atoms with Crippen molar-refractivity contribution in [2.75, 3.05) is 25.7 Å². The largest absolute Gasteiger partial charge is 0.484 e. The Hall–Kier alpha value is -3.37. The van der Waals surface area contributed by atoms with Gasteiger partial charge in [-0.25, -0.2) is 14.6 Å². The molecule has 0 atom stereocenters. The molecule has 0 aliphatic heterocycles. The number of nitrogens with zero attached hydrogens (tertiary/aromatic N) is 5. The molecule has 0 radical (unpaired) electrons. The molecule has 0 aliphatic carbocycles. The van der Waals surface area contributed by atoms with Crippen LogP contribution >= 0.6 is 0 Å². The molecule has 3 rings (SSSR count). The van der Waals surface area contributed by atoms with Crippen molar-refractivity contribution in [2.24, 2.45) is 0 Å². The number of fused-ring (bicyclic) bond motifs is 1. The van der Waals surface area contributed by atoms with Crippen LogP contribution in [-0.2, 0) is 22.6 Å². The topological polar surface area (TPSA) is 82.4 Å². The first kappa shape index (κ1) is 22.3. The van der Waals surface area contributed by atoms with Crippen LogP contribution in [-0.4, -0.2) is 52.7 Å². The zero-order valence-corrected chi connectivity index (χ0v) is 17.5. The molecular formula is C20H22F3N5O3. The SMILES string of the molecule is COC(=O)Cn1ncc2c(N(C)Cc3cc(C)c(OCC(F)(F)F)c(C)c3)ncnc21. The van der Waals surface area contributed by atoms with E-state index in [9.17, 15) is 18.0 Å². The molecule has 11 heteroatoms. The second-order valence-electron chi connectivity index (χ2n) is 7.13. The van der Waals surface area contributed by atoms with Gasteiger partial charge in [-0.3, -0.25) is 4.79 Å². The monoisotopic (exact) mass is 437 g/mol. The number of aryl methyl sites for hydroxylation is 2. The normalized spacial score (nSPS) is 11.6. The van der Waals surface area contributed by atoms with E-state index in [1.165, 1.54) is 18.1 Å². The molecule has 0 saturated heterocycles. The van der Waals surface area contributed by atoms with E-state index in [1.54, 1.807) is 32.2 Å². The van der Waals surface area contributed by atoms with E-state index in [-0.39, 0.29) is 12.3 Å². The maximum absolute atomic E-state index is 12.5. The van der Waals surface area contributed by atoms with Gasteiger partial charge in [0.05, 0.1) is 18.7 Å². The van der Waals surface area contributed by atoms with E-state index in [2.05, 4.69) is 19.8 Å². The third kappa shape index (κ3) is 5.22. The summed E-state index contributed by atoms with van der Waals surface area (Å²) in [5.74, 6) is 0.392. The second kappa shape index (κ2) is 8.78. The highest BCUT2D eigenvalue weighted by Crippen LogP contribution is 2.29. The molecule has 8 nitrogen and oxygen atoms in total. The van der Waals surface area contributed by atoms with Gasteiger partial charge in [0.2, 0.25) is 0 Å². The molecule has 0 bridgehead atoms. The number of halogens is 3. The van der Waals surface area contributed by atoms with E-state index in [0.29, 0.717) is 34.5 Å². The zero-order valence-electron chi connectivity index (χ0n) is 17.5. The molecule has 0 spiro atoms. The summed E-state index contributed by atoms with van der Waals surface area (Å²) in [6.07, 6.45) is -1.43. The van der Waals surface area contributed by atoms with E-state index in [4.69, 9.17) is 4.74 Å². The molecule has 3 aromatic rings. The quantitative estimate of drug-likeness (QED) is 0.525. The first-order valence-corrected chi connectivity index (χ1v) is 9.33. The minimum absolute atomic E-state index is 0.0715. The van der Waals surface area contributed by atoms with Crippen molar-refractivity contribution in [3.05, 3.63) is 41.3 Å². The Morgan fingerprint density at radius 3 is 2.48 bits per heavy atom. The Morgan fingerprint density at radius 1 is 1.19 bits per heavy atom. The average molecular weight is 437 g/mol. The number of hydrogen-bond donors (Lipinski definition) is 0. The molecule has 0 saturated carbocycles. The summed E-state index contributed by atoms with van der Waals surface area (Å²) in [5.41, 5.74) is 2.61. The van der Waals surface area contributed by atoms with Gasteiger partial charge in [-0.2, -0.15) is 18.3 Å². The van der Waals surface area contributed by atoms with Gasteiger partial charge < -0.3 is 14.4 Å². The van der Waals surface area contributed by atoms with Crippen LogP contribution in [0.1, 0.15) is 16.7 Å². The predicted octanol–water partition coefficient (Wildman–Crippen LogP) is 3.19. The van der Waals surface area contributed by atoms with Gasteiger partial charge in [-0.1, -0.05) is 12.1 Å².